The molecule has 1 aliphatic heterocycles. The number of para-hydroxylation sites is 1. The van der Waals surface area contributed by atoms with Crippen molar-refractivity contribution in [1.82, 2.24) is 10.2 Å². The lowest BCUT2D eigenvalue weighted by Gasteiger charge is -2.13. The first-order valence-corrected chi connectivity index (χ1v) is 10.1. The second-order valence-corrected chi connectivity index (χ2v) is 7.44. The molecule has 1 heterocycles. The van der Waals surface area contributed by atoms with Gasteiger partial charge in [-0.2, -0.15) is 0 Å². The van der Waals surface area contributed by atoms with Crippen molar-refractivity contribution in [2.45, 2.75) is 6.42 Å². The number of hydrogen-bond acceptors (Lipinski definition) is 6. The Morgan fingerprint density at radius 2 is 1.80 bits per heavy atom. The maximum absolute atomic E-state index is 12.6. The lowest BCUT2D eigenvalue weighted by atomic mass is 10.1. The fourth-order valence-corrected chi connectivity index (χ4v) is 3.80. The second-order valence-electron chi connectivity index (χ2n) is 6.45. The van der Waals surface area contributed by atoms with Crippen molar-refractivity contribution in [3.05, 3.63) is 64.6 Å². The van der Waals surface area contributed by atoms with Crippen LogP contribution >= 0.6 is 11.8 Å². The molecule has 0 aromatic heterocycles. The zero-order chi connectivity index (χ0) is 21.5. The Labute approximate surface area is 179 Å². The number of amides is 3. The summed E-state index contributed by atoms with van der Waals surface area (Å²) < 4.78 is 10.4. The van der Waals surface area contributed by atoms with Gasteiger partial charge in [0.1, 0.15) is 11.5 Å². The van der Waals surface area contributed by atoms with Crippen LogP contribution in [0, 0.1) is 0 Å². The Hall–Kier alpha value is -3.26. The first-order chi connectivity index (χ1) is 14.5. The highest BCUT2D eigenvalue weighted by molar-refractivity contribution is 8.18. The number of nitrogens with one attached hydrogen (secondary N) is 1. The van der Waals surface area contributed by atoms with Crippen LogP contribution in [-0.4, -0.2) is 49.3 Å². The highest BCUT2D eigenvalue weighted by Gasteiger charge is 2.34. The van der Waals surface area contributed by atoms with Gasteiger partial charge in [-0.15, -0.1) is 0 Å². The van der Waals surface area contributed by atoms with Gasteiger partial charge >= 0.3 is 0 Å². The third kappa shape index (κ3) is 5.21. The van der Waals surface area contributed by atoms with Gasteiger partial charge < -0.3 is 14.8 Å². The fraction of sp³-hybridized carbons (Fsp3) is 0.227. The van der Waals surface area contributed by atoms with E-state index in [0.29, 0.717) is 16.4 Å². The number of methoxy groups -OCH3 is 2. The van der Waals surface area contributed by atoms with Crippen LogP contribution in [0.15, 0.2) is 53.4 Å². The molecule has 1 fully saturated rings. The normalized spacial score (nSPS) is 14.9. The van der Waals surface area contributed by atoms with Gasteiger partial charge in [0.15, 0.2) is 0 Å². The number of nitrogens with zero attached hydrogens (tertiary/aromatic N) is 1. The summed E-state index contributed by atoms with van der Waals surface area (Å²) in [6.45, 7) is 0.296. The highest BCUT2D eigenvalue weighted by atomic mass is 32.2. The summed E-state index contributed by atoms with van der Waals surface area (Å²) in [6, 6.07) is 14.5. The molecule has 0 spiro atoms. The van der Waals surface area contributed by atoms with Crippen molar-refractivity contribution in [2.24, 2.45) is 0 Å². The third-order valence-corrected chi connectivity index (χ3v) is 5.40. The van der Waals surface area contributed by atoms with E-state index >= 15 is 0 Å². The van der Waals surface area contributed by atoms with E-state index in [-0.39, 0.29) is 36.6 Å². The number of ether oxygens (including phenoxy) is 2. The Bertz CT molecular complexity index is 972. The van der Waals surface area contributed by atoms with Gasteiger partial charge in [-0.1, -0.05) is 30.3 Å². The molecule has 2 aromatic rings. The summed E-state index contributed by atoms with van der Waals surface area (Å²) in [5, 5.41) is 2.40. The van der Waals surface area contributed by atoms with Gasteiger partial charge in [-0.3, -0.25) is 19.3 Å². The molecule has 0 bridgehead atoms. The molecule has 7 nitrogen and oxygen atoms in total. The van der Waals surface area contributed by atoms with E-state index < -0.39 is 0 Å². The van der Waals surface area contributed by atoms with E-state index in [1.165, 1.54) is 0 Å². The van der Waals surface area contributed by atoms with Crippen LogP contribution in [0.4, 0.5) is 4.79 Å². The summed E-state index contributed by atoms with van der Waals surface area (Å²) >= 11 is 0.891. The lowest BCUT2D eigenvalue weighted by molar-refractivity contribution is -0.124. The third-order valence-electron chi connectivity index (χ3n) is 4.49. The van der Waals surface area contributed by atoms with Crippen molar-refractivity contribution in [1.29, 1.82) is 0 Å². The molecular formula is C22H22N2O5S. The topological polar surface area (TPSA) is 84.9 Å². The van der Waals surface area contributed by atoms with Gasteiger partial charge in [0.05, 0.1) is 25.5 Å². The van der Waals surface area contributed by atoms with E-state index in [2.05, 4.69) is 5.32 Å². The maximum Gasteiger partial charge on any atom is 0.293 e. The molecule has 1 N–H and O–H groups in total. The van der Waals surface area contributed by atoms with Gasteiger partial charge in [-0.25, -0.2) is 0 Å². The van der Waals surface area contributed by atoms with Crippen molar-refractivity contribution in [3.8, 4) is 11.5 Å². The van der Waals surface area contributed by atoms with E-state index in [1.54, 1.807) is 38.5 Å². The van der Waals surface area contributed by atoms with Gasteiger partial charge in [0.25, 0.3) is 11.1 Å². The molecular weight excluding hydrogens is 404 g/mol. The van der Waals surface area contributed by atoms with Crippen LogP contribution in [0.5, 0.6) is 11.5 Å². The average molecular weight is 426 g/mol. The average Bonchev–Trinajstić information content (AvgIpc) is 3.02. The molecule has 3 rings (SSSR count). The number of rotatable bonds is 8. The zero-order valence-electron chi connectivity index (χ0n) is 16.7. The first-order valence-electron chi connectivity index (χ1n) is 9.30. The Kier molecular flexibility index (Phi) is 7.13. The zero-order valence-corrected chi connectivity index (χ0v) is 17.5. The van der Waals surface area contributed by atoms with Crippen LogP contribution in [0.3, 0.4) is 0 Å². The number of benzene rings is 2. The number of thioether (sulfide) groups is 1. The highest BCUT2D eigenvalue weighted by Crippen LogP contribution is 2.32. The van der Waals surface area contributed by atoms with Gasteiger partial charge in [0.2, 0.25) is 5.91 Å². The van der Waals surface area contributed by atoms with Gasteiger partial charge in [-0.05, 0) is 41.6 Å². The van der Waals surface area contributed by atoms with Gasteiger partial charge in [0, 0.05) is 18.7 Å². The van der Waals surface area contributed by atoms with E-state index in [1.807, 2.05) is 30.3 Å². The monoisotopic (exact) mass is 426 g/mol. The van der Waals surface area contributed by atoms with E-state index in [0.717, 1.165) is 27.8 Å². The molecule has 0 saturated carbocycles. The molecule has 0 radical (unpaired) electrons. The van der Waals surface area contributed by atoms with Crippen LogP contribution in [0.2, 0.25) is 0 Å². The van der Waals surface area contributed by atoms with Crippen LogP contribution in [0.1, 0.15) is 11.1 Å². The Balaban J connectivity index is 1.54. The number of carbonyl (C=O) groups is 3. The second kappa shape index (κ2) is 9.98. The summed E-state index contributed by atoms with van der Waals surface area (Å²) in [7, 11) is 3.13. The molecule has 1 aliphatic rings. The minimum Gasteiger partial charge on any atom is -0.497 e. The van der Waals surface area contributed by atoms with E-state index in [9.17, 15) is 14.4 Å². The molecule has 8 heteroatoms. The first kappa shape index (κ1) is 21.4. The molecule has 0 unspecified atom stereocenters. The summed E-state index contributed by atoms with van der Waals surface area (Å²) in [5.74, 6) is 0.784. The molecule has 1 saturated heterocycles. The SMILES string of the molecule is COc1ccc(/C=C2\SC(=O)N(CCNC(=O)Cc3ccccc3OC)C2=O)cc1. The minimum atomic E-state index is -0.361. The molecule has 2 aromatic carbocycles. The number of carbonyl (C=O) groups excluding carboxylic acids is 3. The van der Waals surface area contributed by atoms with Crippen molar-refractivity contribution in [2.75, 3.05) is 27.3 Å². The summed E-state index contributed by atoms with van der Waals surface area (Å²) in [6.07, 6.45) is 1.83. The standard InChI is InChI=1S/C22H22N2O5S/c1-28-17-9-7-15(8-10-17)13-19-21(26)24(22(27)30-19)12-11-23-20(25)14-16-5-3-4-6-18(16)29-2/h3-10,13H,11-12,14H2,1-2H3,(H,23,25)/b19-13-. The predicted octanol–water partition coefficient (Wildman–Crippen LogP) is 3.10. The Morgan fingerprint density at radius 3 is 2.50 bits per heavy atom. The smallest absolute Gasteiger partial charge is 0.293 e. The number of imide groups is 1. The maximum atomic E-state index is 12.6. The Morgan fingerprint density at radius 1 is 1.07 bits per heavy atom. The van der Waals surface area contributed by atoms with Crippen molar-refractivity contribution in [3.63, 3.8) is 0 Å². The summed E-state index contributed by atoms with van der Waals surface area (Å²) in [4.78, 5) is 38.5. The quantitative estimate of drug-likeness (QED) is 0.653. The molecule has 0 aliphatic carbocycles. The predicted molar refractivity (Wildman–Crippen MR) is 115 cm³/mol. The van der Waals surface area contributed by atoms with Crippen LogP contribution in [0.25, 0.3) is 6.08 Å². The van der Waals surface area contributed by atoms with Crippen LogP contribution < -0.4 is 14.8 Å². The van der Waals surface area contributed by atoms with Crippen molar-refractivity contribution < 1.29 is 23.9 Å². The minimum absolute atomic E-state index is 0.113. The molecule has 3 amide bonds. The molecule has 0 atom stereocenters. The summed E-state index contributed by atoms with van der Waals surface area (Å²) in [5.41, 5.74) is 1.57. The van der Waals surface area contributed by atoms with Crippen LogP contribution in [-0.2, 0) is 16.0 Å². The molecule has 30 heavy (non-hydrogen) atoms. The lowest BCUT2D eigenvalue weighted by Crippen LogP contribution is -2.37. The number of hydrogen-bond donors (Lipinski definition) is 1. The largest absolute Gasteiger partial charge is 0.497 e. The fourth-order valence-electron chi connectivity index (χ4n) is 2.94. The van der Waals surface area contributed by atoms with E-state index in [4.69, 9.17) is 9.47 Å². The molecule has 156 valence electrons. The van der Waals surface area contributed by atoms with Crippen molar-refractivity contribution >= 4 is 34.9 Å².